The van der Waals surface area contributed by atoms with Gasteiger partial charge in [-0.1, -0.05) is 66.9 Å². The van der Waals surface area contributed by atoms with Crippen LogP contribution in [0.3, 0.4) is 0 Å². The van der Waals surface area contributed by atoms with Crippen LogP contribution in [0.15, 0.2) is 36.4 Å². The van der Waals surface area contributed by atoms with Crippen molar-refractivity contribution in [2.75, 3.05) is 26.2 Å². The number of nitrogens with one attached hydrogen (secondary N) is 1. The van der Waals surface area contributed by atoms with Crippen LogP contribution in [0, 0.1) is 6.92 Å². The van der Waals surface area contributed by atoms with E-state index in [1.165, 1.54) is 5.56 Å². The van der Waals surface area contributed by atoms with Crippen molar-refractivity contribution < 1.29 is 4.74 Å². The highest BCUT2D eigenvalue weighted by Gasteiger charge is 2.11. The Hall–Kier alpha value is -1.26. The summed E-state index contributed by atoms with van der Waals surface area (Å²) < 4.78 is 6.04. The van der Waals surface area contributed by atoms with Gasteiger partial charge in [0, 0.05) is 17.1 Å². The maximum atomic E-state index is 6.40. The molecule has 3 nitrogen and oxygen atoms in total. The molecular formula is C22H30Cl2N2O. The molecule has 0 aliphatic heterocycles. The third kappa shape index (κ3) is 7.34. The summed E-state index contributed by atoms with van der Waals surface area (Å²) in [7, 11) is 0. The van der Waals surface area contributed by atoms with Gasteiger partial charge in [0.1, 0.15) is 12.4 Å². The predicted molar refractivity (Wildman–Crippen MR) is 116 cm³/mol. The first kappa shape index (κ1) is 22.0. The van der Waals surface area contributed by atoms with E-state index < -0.39 is 0 Å². The van der Waals surface area contributed by atoms with Crippen LogP contribution in [-0.2, 0) is 13.2 Å². The van der Waals surface area contributed by atoms with Gasteiger partial charge in [0.2, 0.25) is 0 Å². The van der Waals surface area contributed by atoms with Gasteiger partial charge in [0.15, 0.2) is 0 Å². The minimum atomic E-state index is 0.483. The van der Waals surface area contributed by atoms with Crippen LogP contribution in [0.1, 0.15) is 37.0 Å². The lowest BCUT2D eigenvalue weighted by molar-refractivity contribution is 0.295. The normalized spacial score (nSPS) is 11.2. The molecule has 2 aromatic carbocycles. The molecule has 1 N–H and O–H groups in total. The molecule has 0 heterocycles. The molecule has 148 valence electrons. The molecule has 5 heteroatoms. The van der Waals surface area contributed by atoms with Gasteiger partial charge >= 0.3 is 0 Å². The van der Waals surface area contributed by atoms with E-state index in [0.29, 0.717) is 28.9 Å². The van der Waals surface area contributed by atoms with E-state index in [2.05, 4.69) is 55.3 Å². The van der Waals surface area contributed by atoms with E-state index in [1.54, 1.807) is 6.07 Å². The summed E-state index contributed by atoms with van der Waals surface area (Å²) >= 11 is 12.6. The molecule has 0 unspecified atom stereocenters. The fraction of sp³-hybridized carbons (Fsp3) is 0.455. The molecule has 0 spiro atoms. The molecule has 0 amide bonds. The first-order chi connectivity index (χ1) is 13.0. The summed E-state index contributed by atoms with van der Waals surface area (Å²) in [4.78, 5) is 2.42. The number of ether oxygens (including phenoxy) is 1. The first-order valence-electron chi connectivity index (χ1n) is 9.62. The molecule has 0 aromatic heterocycles. The zero-order valence-electron chi connectivity index (χ0n) is 16.5. The maximum Gasteiger partial charge on any atom is 0.142 e. The van der Waals surface area contributed by atoms with Crippen molar-refractivity contribution in [1.29, 1.82) is 0 Å². The molecule has 0 fully saturated rings. The average molecular weight is 409 g/mol. The standard InChI is InChI=1S/C22H30Cl2N2O/c1-4-26(5-2)12-6-11-25-15-19-13-20(23)14-21(24)22(19)27-16-18-9-7-17(3)8-10-18/h7-10,13-14,25H,4-6,11-12,15-16H2,1-3H3. The maximum absolute atomic E-state index is 6.40. The highest BCUT2D eigenvalue weighted by Crippen LogP contribution is 2.33. The van der Waals surface area contributed by atoms with E-state index >= 15 is 0 Å². The quantitative estimate of drug-likeness (QED) is 0.482. The van der Waals surface area contributed by atoms with Crippen LogP contribution in [0.4, 0.5) is 0 Å². The number of hydrogen-bond donors (Lipinski definition) is 1. The van der Waals surface area contributed by atoms with E-state index in [-0.39, 0.29) is 0 Å². The molecule has 0 aliphatic carbocycles. The fourth-order valence-corrected chi connectivity index (χ4v) is 3.53. The van der Waals surface area contributed by atoms with Gasteiger partial charge in [-0.25, -0.2) is 0 Å². The molecule has 0 atom stereocenters. The molecule has 0 bridgehead atoms. The topological polar surface area (TPSA) is 24.5 Å². The van der Waals surface area contributed by atoms with E-state index in [0.717, 1.165) is 43.7 Å². The molecule has 2 aromatic rings. The second-order valence-corrected chi connectivity index (χ2v) is 7.55. The summed E-state index contributed by atoms with van der Waals surface area (Å²) in [6.45, 7) is 11.9. The number of benzene rings is 2. The van der Waals surface area contributed by atoms with Crippen LogP contribution >= 0.6 is 23.2 Å². The van der Waals surface area contributed by atoms with Gasteiger partial charge < -0.3 is 15.0 Å². The molecule has 2 rings (SSSR count). The number of halogens is 2. The van der Waals surface area contributed by atoms with Gasteiger partial charge in [-0.3, -0.25) is 0 Å². The Balaban J connectivity index is 1.93. The Morgan fingerprint density at radius 1 is 1.04 bits per heavy atom. The van der Waals surface area contributed by atoms with Gasteiger partial charge in [-0.15, -0.1) is 0 Å². The summed E-state index contributed by atoms with van der Waals surface area (Å²) in [6.07, 6.45) is 1.11. The number of hydrogen-bond acceptors (Lipinski definition) is 3. The Morgan fingerprint density at radius 3 is 2.41 bits per heavy atom. The van der Waals surface area contributed by atoms with Gasteiger partial charge in [0.05, 0.1) is 5.02 Å². The third-order valence-electron chi connectivity index (χ3n) is 4.63. The molecule has 0 saturated carbocycles. The van der Waals surface area contributed by atoms with Crippen molar-refractivity contribution in [3.63, 3.8) is 0 Å². The Bertz CT molecular complexity index is 700. The van der Waals surface area contributed by atoms with Gasteiger partial charge in [0.25, 0.3) is 0 Å². The Morgan fingerprint density at radius 2 is 1.74 bits per heavy atom. The summed E-state index contributed by atoms with van der Waals surface area (Å²) in [5, 5.41) is 4.66. The number of aryl methyl sites for hydroxylation is 1. The third-order valence-corrected chi connectivity index (χ3v) is 5.13. The second kappa shape index (κ2) is 11.6. The molecular weight excluding hydrogens is 379 g/mol. The van der Waals surface area contributed by atoms with Gasteiger partial charge in [-0.2, -0.15) is 0 Å². The first-order valence-corrected chi connectivity index (χ1v) is 10.4. The molecule has 0 radical (unpaired) electrons. The highest BCUT2D eigenvalue weighted by molar-refractivity contribution is 6.35. The van der Waals surface area contributed by atoms with Crippen molar-refractivity contribution in [3.8, 4) is 5.75 Å². The fourth-order valence-electron chi connectivity index (χ4n) is 2.94. The summed E-state index contributed by atoms with van der Waals surface area (Å²) in [5.41, 5.74) is 3.34. The monoisotopic (exact) mass is 408 g/mol. The zero-order chi connectivity index (χ0) is 19.6. The van der Waals surface area contributed by atoms with Crippen molar-refractivity contribution >= 4 is 23.2 Å². The Kier molecular flexibility index (Phi) is 9.43. The van der Waals surface area contributed by atoms with E-state index in [9.17, 15) is 0 Å². The Labute approximate surface area is 173 Å². The number of nitrogens with zero attached hydrogens (tertiary/aromatic N) is 1. The van der Waals surface area contributed by atoms with E-state index in [4.69, 9.17) is 27.9 Å². The van der Waals surface area contributed by atoms with Crippen LogP contribution in [0.2, 0.25) is 10.0 Å². The predicted octanol–water partition coefficient (Wildman–Crippen LogP) is 5.70. The smallest absolute Gasteiger partial charge is 0.142 e. The minimum absolute atomic E-state index is 0.483. The van der Waals surface area contributed by atoms with Crippen molar-refractivity contribution in [2.45, 2.75) is 40.3 Å². The molecule has 0 aliphatic rings. The molecule has 0 saturated heterocycles. The highest BCUT2D eigenvalue weighted by atomic mass is 35.5. The lowest BCUT2D eigenvalue weighted by atomic mass is 10.1. The van der Waals surface area contributed by atoms with Gasteiger partial charge in [-0.05, 0) is 57.2 Å². The van der Waals surface area contributed by atoms with Crippen LogP contribution in [-0.4, -0.2) is 31.1 Å². The SMILES string of the molecule is CCN(CC)CCCNCc1cc(Cl)cc(Cl)c1OCc1ccc(C)cc1. The van der Waals surface area contributed by atoms with Crippen molar-refractivity contribution in [1.82, 2.24) is 10.2 Å². The average Bonchev–Trinajstić information content (AvgIpc) is 2.65. The van der Waals surface area contributed by atoms with Crippen LogP contribution < -0.4 is 10.1 Å². The summed E-state index contributed by atoms with van der Waals surface area (Å²) in [5.74, 6) is 0.706. The minimum Gasteiger partial charge on any atom is -0.487 e. The van der Waals surface area contributed by atoms with Crippen LogP contribution in [0.25, 0.3) is 0 Å². The number of rotatable bonds is 11. The lowest BCUT2D eigenvalue weighted by Crippen LogP contribution is -2.27. The lowest BCUT2D eigenvalue weighted by Gasteiger charge is -2.18. The largest absolute Gasteiger partial charge is 0.487 e. The van der Waals surface area contributed by atoms with Crippen molar-refractivity contribution in [2.24, 2.45) is 0 Å². The zero-order valence-corrected chi connectivity index (χ0v) is 18.0. The summed E-state index contributed by atoms with van der Waals surface area (Å²) in [6, 6.07) is 12.0. The van der Waals surface area contributed by atoms with E-state index in [1.807, 2.05) is 6.07 Å². The van der Waals surface area contributed by atoms with Crippen LogP contribution in [0.5, 0.6) is 5.75 Å². The van der Waals surface area contributed by atoms with Crippen molar-refractivity contribution in [3.05, 3.63) is 63.1 Å². The second-order valence-electron chi connectivity index (χ2n) is 6.71. The molecule has 27 heavy (non-hydrogen) atoms.